The number of hydrogen-bond donors (Lipinski definition) is 2. The molecule has 0 saturated heterocycles. The highest BCUT2D eigenvalue weighted by Gasteiger charge is 2.14. The molecule has 2 rings (SSSR count). The molecule has 0 atom stereocenters. The number of hydrogen-bond acceptors (Lipinski definition) is 2. The minimum Gasteiger partial charge on any atom is -0.399 e. The summed E-state index contributed by atoms with van der Waals surface area (Å²) in [7, 11) is 0. The van der Waals surface area contributed by atoms with Crippen molar-refractivity contribution in [3.8, 4) is 0 Å². The van der Waals surface area contributed by atoms with Gasteiger partial charge in [-0.3, -0.25) is 4.79 Å². The van der Waals surface area contributed by atoms with E-state index in [1.54, 1.807) is 0 Å². The molecule has 2 aromatic carbocycles. The zero-order valence-corrected chi connectivity index (χ0v) is 12.4. The summed E-state index contributed by atoms with van der Waals surface area (Å²) < 4.78 is 0. The quantitative estimate of drug-likeness (QED) is 0.826. The number of nitrogens with one attached hydrogen (secondary N) is 1. The Morgan fingerprint density at radius 2 is 1.85 bits per heavy atom. The molecular formula is C15H14Cl2N2O. The number of nitrogens with two attached hydrogens (primary N) is 1. The number of rotatable bonds is 3. The maximum Gasteiger partial charge on any atom is 0.257 e. The summed E-state index contributed by atoms with van der Waals surface area (Å²) in [6, 6.07) is 10.6. The van der Waals surface area contributed by atoms with Crippen LogP contribution in [0.1, 0.15) is 22.8 Å². The highest BCUT2D eigenvalue weighted by atomic mass is 35.5. The Bertz CT molecular complexity index is 639. The number of anilines is 2. The van der Waals surface area contributed by atoms with Gasteiger partial charge in [-0.25, -0.2) is 0 Å². The molecule has 0 bridgehead atoms. The van der Waals surface area contributed by atoms with Crippen LogP contribution in [0.15, 0.2) is 36.4 Å². The molecule has 5 heteroatoms. The molecule has 1 amide bonds. The van der Waals surface area contributed by atoms with Crippen molar-refractivity contribution < 1.29 is 4.79 Å². The molecule has 0 spiro atoms. The molecule has 0 unspecified atom stereocenters. The van der Waals surface area contributed by atoms with Gasteiger partial charge in [0.05, 0.1) is 15.6 Å². The first-order valence-corrected chi connectivity index (χ1v) is 6.91. The second-order valence-corrected chi connectivity index (χ2v) is 5.15. The molecule has 0 aliphatic carbocycles. The van der Waals surface area contributed by atoms with E-state index < -0.39 is 0 Å². The molecule has 0 fully saturated rings. The zero-order valence-electron chi connectivity index (χ0n) is 10.9. The van der Waals surface area contributed by atoms with Gasteiger partial charge in [0.15, 0.2) is 0 Å². The molecule has 0 heterocycles. The van der Waals surface area contributed by atoms with Crippen LogP contribution >= 0.6 is 23.2 Å². The van der Waals surface area contributed by atoms with E-state index in [9.17, 15) is 4.79 Å². The van der Waals surface area contributed by atoms with E-state index in [0.717, 1.165) is 6.42 Å². The van der Waals surface area contributed by atoms with Crippen molar-refractivity contribution in [2.24, 2.45) is 0 Å². The normalized spacial score (nSPS) is 10.3. The van der Waals surface area contributed by atoms with Crippen molar-refractivity contribution in [1.29, 1.82) is 0 Å². The number of benzene rings is 2. The summed E-state index contributed by atoms with van der Waals surface area (Å²) >= 11 is 11.9. The monoisotopic (exact) mass is 308 g/mol. The molecule has 2 aromatic rings. The Hall–Kier alpha value is -1.71. The number of aryl methyl sites for hydroxylation is 1. The van der Waals surface area contributed by atoms with Crippen molar-refractivity contribution in [2.75, 3.05) is 11.1 Å². The Labute approximate surface area is 127 Å². The number of amides is 1. The van der Waals surface area contributed by atoms with E-state index >= 15 is 0 Å². The van der Waals surface area contributed by atoms with Crippen LogP contribution in [-0.2, 0) is 6.42 Å². The molecule has 20 heavy (non-hydrogen) atoms. The predicted octanol–water partition coefficient (Wildman–Crippen LogP) is 4.39. The lowest BCUT2D eigenvalue weighted by molar-refractivity contribution is 0.102. The van der Waals surface area contributed by atoms with Crippen LogP contribution < -0.4 is 11.1 Å². The maximum absolute atomic E-state index is 12.2. The molecule has 0 aliphatic rings. The topological polar surface area (TPSA) is 55.1 Å². The van der Waals surface area contributed by atoms with Crippen molar-refractivity contribution in [1.82, 2.24) is 0 Å². The fourth-order valence-electron chi connectivity index (χ4n) is 1.80. The molecule has 104 valence electrons. The maximum atomic E-state index is 12.2. The van der Waals surface area contributed by atoms with Gasteiger partial charge in [0, 0.05) is 11.4 Å². The largest absolute Gasteiger partial charge is 0.399 e. The van der Waals surface area contributed by atoms with E-state index in [1.165, 1.54) is 17.7 Å². The van der Waals surface area contributed by atoms with Crippen LogP contribution in [0, 0.1) is 0 Å². The van der Waals surface area contributed by atoms with Gasteiger partial charge in [-0.1, -0.05) is 42.3 Å². The average molecular weight is 309 g/mol. The fourth-order valence-corrected chi connectivity index (χ4v) is 2.22. The van der Waals surface area contributed by atoms with E-state index in [-0.39, 0.29) is 21.5 Å². The summed E-state index contributed by atoms with van der Waals surface area (Å²) in [4.78, 5) is 12.2. The molecule has 3 N–H and O–H groups in total. The first-order chi connectivity index (χ1) is 9.51. The molecule has 0 radical (unpaired) electrons. The second kappa shape index (κ2) is 6.16. The summed E-state index contributed by atoms with van der Waals surface area (Å²) in [5.41, 5.74) is 8.23. The van der Waals surface area contributed by atoms with Gasteiger partial charge < -0.3 is 11.1 Å². The fraction of sp³-hybridized carbons (Fsp3) is 0.133. The highest BCUT2D eigenvalue weighted by Crippen LogP contribution is 2.29. The minimum absolute atomic E-state index is 0.198. The average Bonchev–Trinajstić information content (AvgIpc) is 2.43. The third-order valence-corrected chi connectivity index (χ3v) is 3.72. The van der Waals surface area contributed by atoms with Gasteiger partial charge in [-0.2, -0.15) is 0 Å². The number of halogens is 2. The van der Waals surface area contributed by atoms with Crippen LogP contribution in [0.5, 0.6) is 0 Å². The Morgan fingerprint density at radius 3 is 2.45 bits per heavy atom. The first kappa shape index (κ1) is 14.7. The summed E-state index contributed by atoms with van der Waals surface area (Å²) in [6.07, 6.45) is 0.949. The van der Waals surface area contributed by atoms with Crippen molar-refractivity contribution >= 4 is 40.5 Å². The lowest BCUT2D eigenvalue weighted by Crippen LogP contribution is -2.13. The number of nitrogen functional groups attached to an aromatic ring is 1. The van der Waals surface area contributed by atoms with Gasteiger partial charge in [0.2, 0.25) is 0 Å². The second-order valence-electron chi connectivity index (χ2n) is 4.37. The van der Waals surface area contributed by atoms with Crippen molar-refractivity contribution in [2.45, 2.75) is 13.3 Å². The lowest BCUT2D eigenvalue weighted by Gasteiger charge is -2.09. The first-order valence-electron chi connectivity index (χ1n) is 6.16. The standard InChI is InChI=1S/C15H14Cl2N2O/c1-2-9-3-5-11(6-4-9)19-15(20)12-7-10(18)8-13(16)14(12)17/h3-8H,2,18H2,1H3,(H,19,20). The molecule has 0 aliphatic heterocycles. The van der Waals surface area contributed by atoms with Gasteiger partial charge >= 0.3 is 0 Å². The smallest absolute Gasteiger partial charge is 0.257 e. The van der Waals surface area contributed by atoms with E-state index in [4.69, 9.17) is 28.9 Å². The van der Waals surface area contributed by atoms with Gasteiger partial charge in [0.1, 0.15) is 0 Å². The lowest BCUT2D eigenvalue weighted by atomic mass is 10.1. The van der Waals surface area contributed by atoms with Crippen LogP contribution in [0.2, 0.25) is 10.0 Å². The zero-order chi connectivity index (χ0) is 14.7. The van der Waals surface area contributed by atoms with E-state index in [0.29, 0.717) is 11.4 Å². The van der Waals surface area contributed by atoms with Gasteiger partial charge in [-0.15, -0.1) is 0 Å². The van der Waals surface area contributed by atoms with E-state index in [1.807, 2.05) is 24.3 Å². The molecule has 0 saturated carbocycles. The van der Waals surface area contributed by atoms with Crippen LogP contribution in [0.3, 0.4) is 0 Å². The summed E-state index contributed by atoms with van der Waals surface area (Å²) in [5, 5.41) is 3.23. The van der Waals surface area contributed by atoms with Gasteiger partial charge in [0.25, 0.3) is 5.91 Å². The third kappa shape index (κ3) is 3.24. The van der Waals surface area contributed by atoms with Crippen molar-refractivity contribution in [3.63, 3.8) is 0 Å². The SMILES string of the molecule is CCc1ccc(NC(=O)c2cc(N)cc(Cl)c2Cl)cc1. The summed E-state index contributed by atoms with van der Waals surface area (Å²) in [6.45, 7) is 2.07. The highest BCUT2D eigenvalue weighted by molar-refractivity contribution is 6.44. The number of carbonyl (C=O) groups is 1. The minimum atomic E-state index is -0.339. The molecule has 3 nitrogen and oxygen atoms in total. The van der Waals surface area contributed by atoms with Gasteiger partial charge in [-0.05, 0) is 36.2 Å². The van der Waals surface area contributed by atoms with Crippen LogP contribution in [-0.4, -0.2) is 5.91 Å². The Morgan fingerprint density at radius 1 is 1.20 bits per heavy atom. The van der Waals surface area contributed by atoms with Crippen LogP contribution in [0.4, 0.5) is 11.4 Å². The molecule has 0 aromatic heterocycles. The van der Waals surface area contributed by atoms with Crippen LogP contribution in [0.25, 0.3) is 0 Å². The Balaban J connectivity index is 2.23. The Kier molecular flexibility index (Phi) is 4.53. The summed E-state index contributed by atoms with van der Waals surface area (Å²) in [5.74, 6) is -0.339. The molecular weight excluding hydrogens is 295 g/mol. The number of carbonyl (C=O) groups excluding carboxylic acids is 1. The predicted molar refractivity (Wildman–Crippen MR) is 84.6 cm³/mol. The van der Waals surface area contributed by atoms with E-state index in [2.05, 4.69) is 12.2 Å². The third-order valence-electron chi connectivity index (χ3n) is 2.92. The van der Waals surface area contributed by atoms with Crippen molar-refractivity contribution in [3.05, 3.63) is 57.6 Å².